The van der Waals surface area contributed by atoms with Gasteiger partial charge >= 0.3 is 0 Å². The number of benzene rings is 1. The van der Waals surface area contributed by atoms with Gasteiger partial charge in [-0.15, -0.1) is 0 Å². The third-order valence-corrected chi connectivity index (χ3v) is 3.55. The van der Waals surface area contributed by atoms with Crippen molar-refractivity contribution in [2.45, 2.75) is 31.0 Å². The molecule has 2 aromatic rings. The van der Waals surface area contributed by atoms with E-state index in [1.165, 1.54) is 12.1 Å². The van der Waals surface area contributed by atoms with Gasteiger partial charge in [-0.1, -0.05) is 11.8 Å². The van der Waals surface area contributed by atoms with Gasteiger partial charge in [-0.2, -0.15) is 0 Å². The molecule has 1 aromatic heterocycles. The number of hydrogen-bond acceptors (Lipinski definition) is 3. The number of aromatic nitrogens is 2. The Balaban J connectivity index is 1.97. The standard InChI is InChI=1S/C14H17FN2OS/c1-14(2,18)7-8-19-13-16-9-12(17-13)10-3-5-11(15)6-4-10/h3-6,9,18H,7-8H2,1-2H3,(H,16,17). The first-order chi connectivity index (χ1) is 8.94. The summed E-state index contributed by atoms with van der Waals surface area (Å²) in [6, 6.07) is 6.29. The van der Waals surface area contributed by atoms with Gasteiger partial charge in [0.2, 0.25) is 0 Å². The molecular formula is C14H17FN2OS. The van der Waals surface area contributed by atoms with E-state index in [1.807, 2.05) is 0 Å². The molecule has 0 atom stereocenters. The smallest absolute Gasteiger partial charge is 0.165 e. The average molecular weight is 280 g/mol. The lowest BCUT2D eigenvalue weighted by atomic mass is 10.1. The maximum absolute atomic E-state index is 12.8. The van der Waals surface area contributed by atoms with Crippen LogP contribution in [0, 0.1) is 5.82 Å². The quantitative estimate of drug-likeness (QED) is 0.824. The fraction of sp³-hybridized carbons (Fsp3) is 0.357. The van der Waals surface area contributed by atoms with E-state index in [9.17, 15) is 9.50 Å². The Morgan fingerprint density at radius 1 is 1.32 bits per heavy atom. The lowest BCUT2D eigenvalue weighted by Gasteiger charge is -2.15. The Hall–Kier alpha value is -1.33. The van der Waals surface area contributed by atoms with E-state index in [-0.39, 0.29) is 5.82 Å². The average Bonchev–Trinajstić information content (AvgIpc) is 2.77. The summed E-state index contributed by atoms with van der Waals surface area (Å²) in [6.07, 6.45) is 2.43. The highest BCUT2D eigenvalue weighted by atomic mass is 32.2. The zero-order valence-electron chi connectivity index (χ0n) is 11.0. The van der Waals surface area contributed by atoms with Crippen LogP contribution in [0.2, 0.25) is 0 Å². The van der Waals surface area contributed by atoms with Gasteiger partial charge in [-0.05, 0) is 50.1 Å². The van der Waals surface area contributed by atoms with Crippen LogP contribution in [0.1, 0.15) is 20.3 Å². The summed E-state index contributed by atoms with van der Waals surface area (Å²) in [7, 11) is 0. The molecule has 1 heterocycles. The molecule has 0 saturated carbocycles. The number of nitrogens with one attached hydrogen (secondary N) is 1. The third-order valence-electron chi connectivity index (χ3n) is 2.66. The van der Waals surface area contributed by atoms with Gasteiger partial charge in [0.1, 0.15) is 5.82 Å². The summed E-state index contributed by atoms with van der Waals surface area (Å²) >= 11 is 1.57. The van der Waals surface area contributed by atoms with Crippen molar-refractivity contribution in [2.24, 2.45) is 0 Å². The van der Waals surface area contributed by atoms with E-state index in [0.29, 0.717) is 6.42 Å². The van der Waals surface area contributed by atoms with Crippen LogP contribution in [0.25, 0.3) is 11.3 Å². The fourth-order valence-electron chi connectivity index (χ4n) is 1.55. The van der Waals surface area contributed by atoms with Crippen LogP contribution in [0.5, 0.6) is 0 Å². The lowest BCUT2D eigenvalue weighted by molar-refractivity contribution is 0.0777. The van der Waals surface area contributed by atoms with Crippen molar-refractivity contribution >= 4 is 11.8 Å². The predicted octanol–water partition coefficient (Wildman–Crippen LogP) is 3.47. The minimum atomic E-state index is -0.653. The number of hydrogen-bond donors (Lipinski definition) is 2. The highest BCUT2D eigenvalue weighted by molar-refractivity contribution is 7.99. The van der Waals surface area contributed by atoms with Crippen molar-refractivity contribution in [2.75, 3.05) is 5.75 Å². The predicted molar refractivity (Wildman–Crippen MR) is 75.6 cm³/mol. The van der Waals surface area contributed by atoms with E-state index in [1.54, 1.807) is 43.9 Å². The molecule has 1 aromatic carbocycles. The van der Waals surface area contributed by atoms with E-state index in [0.717, 1.165) is 22.2 Å². The zero-order chi connectivity index (χ0) is 13.9. The molecule has 0 amide bonds. The minimum Gasteiger partial charge on any atom is -0.390 e. The first-order valence-corrected chi connectivity index (χ1v) is 7.09. The summed E-state index contributed by atoms with van der Waals surface area (Å²) in [5.41, 5.74) is 1.12. The first kappa shape index (κ1) is 14.1. The molecule has 0 bridgehead atoms. The summed E-state index contributed by atoms with van der Waals surface area (Å²) in [6.45, 7) is 3.58. The van der Waals surface area contributed by atoms with Gasteiger partial charge in [0.25, 0.3) is 0 Å². The van der Waals surface area contributed by atoms with Crippen molar-refractivity contribution in [3.63, 3.8) is 0 Å². The Morgan fingerprint density at radius 2 is 2.00 bits per heavy atom. The molecule has 2 rings (SSSR count). The maximum Gasteiger partial charge on any atom is 0.165 e. The van der Waals surface area contributed by atoms with Crippen LogP contribution in [0.15, 0.2) is 35.6 Å². The summed E-state index contributed by atoms with van der Waals surface area (Å²) in [4.78, 5) is 7.45. The minimum absolute atomic E-state index is 0.247. The number of halogens is 1. The molecular weight excluding hydrogens is 263 g/mol. The summed E-state index contributed by atoms with van der Waals surface area (Å²) in [5, 5.41) is 10.4. The fourth-order valence-corrected chi connectivity index (χ4v) is 2.65. The molecule has 0 spiro atoms. The van der Waals surface area contributed by atoms with Crippen molar-refractivity contribution in [3.8, 4) is 11.3 Å². The van der Waals surface area contributed by atoms with E-state index >= 15 is 0 Å². The van der Waals surface area contributed by atoms with Crippen LogP contribution in [0.3, 0.4) is 0 Å². The Labute approximate surface area is 116 Å². The number of aromatic amines is 1. The maximum atomic E-state index is 12.8. The molecule has 19 heavy (non-hydrogen) atoms. The first-order valence-electron chi connectivity index (χ1n) is 6.10. The van der Waals surface area contributed by atoms with Crippen molar-refractivity contribution in [1.82, 2.24) is 9.97 Å². The second kappa shape index (κ2) is 5.75. The molecule has 5 heteroatoms. The molecule has 0 aliphatic heterocycles. The van der Waals surface area contributed by atoms with Crippen LogP contribution in [-0.2, 0) is 0 Å². The Kier molecular flexibility index (Phi) is 4.27. The monoisotopic (exact) mass is 280 g/mol. The molecule has 0 aliphatic rings. The van der Waals surface area contributed by atoms with Gasteiger partial charge < -0.3 is 10.1 Å². The van der Waals surface area contributed by atoms with Crippen molar-refractivity contribution in [3.05, 3.63) is 36.3 Å². The lowest BCUT2D eigenvalue weighted by Crippen LogP contribution is -2.19. The topological polar surface area (TPSA) is 48.9 Å². The number of nitrogens with zero attached hydrogens (tertiary/aromatic N) is 1. The van der Waals surface area contributed by atoms with Crippen LogP contribution < -0.4 is 0 Å². The zero-order valence-corrected chi connectivity index (χ0v) is 11.8. The van der Waals surface area contributed by atoms with E-state index in [4.69, 9.17) is 0 Å². The van der Waals surface area contributed by atoms with Gasteiger partial charge in [-0.3, -0.25) is 0 Å². The normalized spacial score (nSPS) is 11.8. The second-order valence-corrected chi connectivity index (χ2v) is 6.10. The molecule has 3 nitrogen and oxygen atoms in total. The molecule has 0 saturated heterocycles. The number of imidazole rings is 1. The largest absolute Gasteiger partial charge is 0.390 e. The van der Waals surface area contributed by atoms with Crippen LogP contribution >= 0.6 is 11.8 Å². The highest BCUT2D eigenvalue weighted by Gasteiger charge is 2.12. The van der Waals surface area contributed by atoms with E-state index in [2.05, 4.69) is 9.97 Å². The number of aliphatic hydroxyl groups is 1. The molecule has 0 aliphatic carbocycles. The second-order valence-electron chi connectivity index (χ2n) is 5.02. The highest BCUT2D eigenvalue weighted by Crippen LogP contribution is 2.23. The van der Waals surface area contributed by atoms with E-state index < -0.39 is 5.60 Å². The SMILES string of the molecule is CC(C)(O)CCSc1ncc(-c2ccc(F)cc2)[nH]1. The summed E-state index contributed by atoms with van der Waals surface area (Å²) in [5.74, 6) is 0.544. The Bertz CT molecular complexity index is 531. The number of rotatable bonds is 5. The molecule has 0 fully saturated rings. The van der Waals surface area contributed by atoms with Gasteiger partial charge in [0.05, 0.1) is 17.5 Å². The number of thioether (sulfide) groups is 1. The van der Waals surface area contributed by atoms with Crippen LogP contribution in [-0.4, -0.2) is 26.4 Å². The molecule has 0 unspecified atom stereocenters. The van der Waals surface area contributed by atoms with Crippen molar-refractivity contribution in [1.29, 1.82) is 0 Å². The van der Waals surface area contributed by atoms with Gasteiger partial charge in [0.15, 0.2) is 5.16 Å². The molecule has 2 N–H and O–H groups in total. The van der Waals surface area contributed by atoms with Crippen molar-refractivity contribution < 1.29 is 9.50 Å². The third kappa shape index (κ3) is 4.36. The summed E-state index contributed by atoms with van der Waals surface area (Å²) < 4.78 is 12.8. The molecule has 0 radical (unpaired) electrons. The van der Waals surface area contributed by atoms with Gasteiger partial charge in [0, 0.05) is 5.75 Å². The van der Waals surface area contributed by atoms with Gasteiger partial charge in [-0.25, -0.2) is 9.37 Å². The van der Waals surface area contributed by atoms with Crippen LogP contribution in [0.4, 0.5) is 4.39 Å². The number of H-pyrrole nitrogens is 1. The molecule has 102 valence electrons. The Morgan fingerprint density at radius 3 is 2.63 bits per heavy atom.